The van der Waals surface area contributed by atoms with Gasteiger partial charge in [-0.3, -0.25) is 4.79 Å². The van der Waals surface area contributed by atoms with Crippen molar-refractivity contribution in [2.24, 2.45) is 5.73 Å². The van der Waals surface area contributed by atoms with Crippen molar-refractivity contribution in [3.63, 3.8) is 0 Å². The van der Waals surface area contributed by atoms with Crippen molar-refractivity contribution in [3.8, 4) is 6.07 Å². The molecule has 0 aliphatic heterocycles. The van der Waals surface area contributed by atoms with Crippen LogP contribution in [0.1, 0.15) is 21.6 Å². The molecule has 0 aliphatic carbocycles. The zero-order valence-corrected chi connectivity index (χ0v) is 10.6. The van der Waals surface area contributed by atoms with Crippen LogP contribution in [0.25, 0.3) is 0 Å². The van der Waals surface area contributed by atoms with E-state index in [1.54, 1.807) is 18.2 Å². The lowest BCUT2D eigenvalue weighted by atomic mass is 10.1. The van der Waals surface area contributed by atoms with Crippen LogP contribution >= 0.6 is 0 Å². The number of carbonyl (C=O) groups is 1. The second kappa shape index (κ2) is 5.71. The van der Waals surface area contributed by atoms with E-state index in [4.69, 9.17) is 16.7 Å². The molecule has 20 heavy (non-hydrogen) atoms. The van der Waals surface area contributed by atoms with Crippen molar-refractivity contribution >= 4 is 17.4 Å². The molecule has 5 N–H and O–H groups in total. The molecule has 0 fully saturated rings. The number of carbonyl (C=O) groups excluding carboxylic acids is 1. The number of nitrogens with one attached hydrogen (secondary N) is 1. The standard InChI is InChI=1S/C14H13N5O/c15-7-9-1-3-10(4-2-9)8-18-14-11(16)5-6-12(19-14)13(17)20/h1-6H,8,16H2,(H2,17,20)(H,18,19). The molecule has 2 rings (SSSR count). The fourth-order valence-corrected chi connectivity index (χ4v) is 1.63. The maximum atomic E-state index is 11.1. The molecule has 6 heteroatoms. The molecule has 0 radical (unpaired) electrons. The van der Waals surface area contributed by atoms with Gasteiger partial charge in [-0.15, -0.1) is 0 Å². The minimum atomic E-state index is -0.605. The lowest BCUT2D eigenvalue weighted by Gasteiger charge is -2.09. The summed E-state index contributed by atoms with van der Waals surface area (Å²) in [5.41, 5.74) is 13.1. The van der Waals surface area contributed by atoms with E-state index >= 15 is 0 Å². The van der Waals surface area contributed by atoms with E-state index in [-0.39, 0.29) is 5.69 Å². The number of hydrogen-bond acceptors (Lipinski definition) is 5. The van der Waals surface area contributed by atoms with Crippen LogP contribution in [0.3, 0.4) is 0 Å². The first kappa shape index (κ1) is 13.4. The zero-order chi connectivity index (χ0) is 14.5. The highest BCUT2D eigenvalue weighted by Gasteiger charge is 2.06. The Bertz CT molecular complexity index is 673. The molecule has 0 unspecified atom stereocenters. The Morgan fingerprint density at radius 3 is 2.55 bits per heavy atom. The molecule has 0 atom stereocenters. The Kier molecular flexibility index (Phi) is 3.82. The van der Waals surface area contributed by atoms with E-state index < -0.39 is 5.91 Å². The van der Waals surface area contributed by atoms with Crippen LogP contribution in [0, 0.1) is 11.3 Å². The number of primary amides is 1. The van der Waals surface area contributed by atoms with Gasteiger partial charge in [0.2, 0.25) is 0 Å². The van der Waals surface area contributed by atoms with Gasteiger partial charge in [-0.25, -0.2) is 4.98 Å². The van der Waals surface area contributed by atoms with Crippen LogP contribution in [-0.2, 0) is 6.54 Å². The number of rotatable bonds is 4. The van der Waals surface area contributed by atoms with E-state index in [1.807, 2.05) is 12.1 Å². The van der Waals surface area contributed by atoms with Crippen LogP contribution in [0.15, 0.2) is 36.4 Å². The maximum absolute atomic E-state index is 11.1. The molecule has 0 spiro atoms. The van der Waals surface area contributed by atoms with Gasteiger partial charge in [-0.05, 0) is 29.8 Å². The van der Waals surface area contributed by atoms with Gasteiger partial charge in [-0.1, -0.05) is 12.1 Å². The van der Waals surface area contributed by atoms with Crippen LogP contribution in [0.5, 0.6) is 0 Å². The zero-order valence-electron chi connectivity index (χ0n) is 10.6. The first-order valence-corrected chi connectivity index (χ1v) is 5.89. The third kappa shape index (κ3) is 3.03. The van der Waals surface area contributed by atoms with Crippen LogP contribution < -0.4 is 16.8 Å². The van der Waals surface area contributed by atoms with Crippen molar-refractivity contribution in [3.05, 3.63) is 53.2 Å². The highest BCUT2D eigenvalue weighted by atomic mass is 16.1. The largest absolute Gasteiger partial charge is 0.396 e. The van der Waals surface area contributed by atoms with Crippen molar-refractivity contribution in [2.45, 2.75) is 6.54 Å². The average Bonchev–Trinajstić information content (AvgIpc) is 2.46. The number of nitrogens with two attached hydrogens (primary N) is 2. The summed E-state index contributed by atoms with van der Waals surface area (Å²) in [6.45, 7) is 0.477. The minimum absolute atomic E-state index is 0.154. The number of nitrogens with zero attached hydrogens (tertiary/aromatic N) is 2. The normalized spacial score (nSPS) is 9.75. The summed E-state index contributed by atoms with van der Waals surface area (Å²) in [6.07, 6.45) is 0. The molecule has 0 saturated carbocycles. The third-order valence-electron chi connectivity index (χ3n) is 2.72. The van der Waals surface area contributed by atoms with E-state index in [2.05, 4.69) is 16.4 Å². The number of nitriles is 1. The second-order valence-electron chi connectivity index (χ2n) is 4.16. The van der Waals surface area contributed by atoms with Crippen LogP contribution in [0.2, 0.25) is 0 Å². The summed E-state index contributed by atoms with van der Waals surface area (Å²) < 4.78 is 0. The monoisotopic (exact) mass is 267 g/mol. The van der Waals surface area contributed by atoms with Gasteiger partial charge in [0, 0.05) is 6.54 Å². The second-order valence-corrected chi connectivity index (χ2v) is 4.16. The minimum Gasteiger partial charge on any atom is -0.396 e. The summed E-state index contributed by atoms with van der Waals surface area (Å²) in [5.74, 6) is -0.197. The molecule has 0 aliphatic rings. The Balaban J connectivity index is 2.12. The van der Waals surface area contributed by atoms with E-state index in [0.29, 0.717) is 23.6 Å². The van der Waals surface area contributed by atoms with E-state index in [1.165, 1.54) is 6.07 Å². The number of amides is 1. The Morgan fingerprint density at radius 1 is 1.25 bits per heavy atom. The summed E-state index contributed by atoms with van der Waals surface area (Å²) in [4.78, 5) is 15.1. The first-order chi connectivity index (χ1) is 9.60. The fourth-order valence-electron chi connectivity index (χ4n) is 1.63. The summed E-state index contributed by atoms with van der Waals surface area (Å²) in [7, 11) is 0. The Morgan fingerprint density at radius 2 is 1.95 bits per heavy atom. The Labute approximate surface area is 116 Å². The molecular formula is C14H13N5O. The molecule has 2 aromatic rings. The predicted octanol–water partition coefficient (Wildman–Crippen LogP) is 1.25. The molecule has 1 aromatic heterocycles. The lowest BCUT2D eigenvalue weighted by Crippen LogP contribution is -2.15. The summed E-state index contributed by atoms with van der Waals surface area (Å²) >= 11 is 0. The van der Waals surface area contributed by atoms with Crippen molar-refractivity contribution in [1.29, 1.82) is 5.26 Å². The number of hydrogen-bond donors (Lipinski definition) is 3. The van der Waals surface area contributed by atoms with Crippen molar-refractivity contribution in [2.75, 3.05) is 11.1 Å². The van der Waals surface area contributed by atoms with Crippen molar-refractivity contribution in [1.82, 2.24) is 4.98 Å². The number of benzene rings is 1. The van der Waals surface area contributed by atoms with Gasteiger partial charge in [0.05, 0.1) is 17.3 Å². The summed E-state index contributed by atoms with van der Waals surface area (Å²) in [5, 5.41) is 11.8. The van der Waals surface area contributed by atoms with Gasteiger partial charge in [0.1, 0.15) is 11.5 Å². The number of nitrogen functional groups attached to an aromatic ring is 1. The van der Waals surface area contributed by atoms with Gasteiger partial charge in [-0.2, -0.15) is 5.26 Å². The third-order valence-corrected chi connectivity index (χ3v) is 2.72. The molecule has 1 aromatic carbocycles. The molecule has 6 nitrogen and oxygen atoms in total. The number of aromatic nitrogens is 1. The SMILES string of the molecule is N#Cc1ccc(CNc2nc(C(N)=O)ccc2N)cc1. The van der Waals surface area contributed by atoms with Gasteiger partial charge in [0.15, 0.2) is 0 Å². The smallest absolute Gasteiger partial charge is 0.267 e. The highest BCUT2D eigenvalue weighted by molar-refractivity contribution is 5.91. The fraction of sp³-hybridized carbons (Fsp3) is 0.0714. The average molecular weight is 267 g/mol. The van der Waals surface area contributed by atoms with E-state index in [9.17, 15) is 4.79 Å². The van der Waals surface area contributed by atoms with E-state index in [0.717, 1.165) is 5.56 Å². The van der Waals surface area contributed by atoms with Gasteiger partial charge >= 0.3 is 0 Å². The lowest BCUT2D eigenvalue weighted by molar-refractivity contribution is 0.0996. The highest BCUT2D eigenvalue weighted by Crippen LogP contribution is 2.16. The van der Waals surface area contributed by atoms with Gasteiger partial charge < -0.3 is 16.8 Å². The molecular weight excluding hydrogens is 254 g/mol. The van der Waals surface area contributed by atoms with Crippen LogP contribution in [-0.4, -0.2) is 10.9 Å². The predicted molar refractivity (Wildman–Crippen MR) is 75.7 cm³/mol. The number of anilines is 2. The topological polar surface area (TPSA) is 118 Å². The molecule has 1 heterocycles. The van der Waals surface area contributed by atoms with Crippen molar-refractivity contribution < 1.29 is 4.79 Å². The molecule has 1 amide bonds. The van der Waals surface area contributed by atoms with Gasteiger partial charge in [0.25, 0.3) is 5.91 Å². The molecule has 0 bridgehead atoms. The number of pyridine rings is 1. The van der Waals surface area contributed by atoms with Crippen LogP contribution in [0.4, 0.5) is 11.5 Å². The quantitative estimate of drug-likeness (QED) is 0.770. The molecule has 0 saturated heterocycles. The molecule has 100 valence electrons. The maximum Gasteiger partial charge on any atom is 0.267 e. The Hall–Kier alpha value is -3.07. The first-order valence-electron chi connectivity index (χ1n) is 5.89. The summed E-state index contributed by atoms with van der Waals surface area (Å²) in [6, 6.07) is 12.2.